The van der Waals surface area contributed by atoms with E-state index in [-0.39, 0.29) is 6.09 Å². The van der Waals surface area contributed by atoms with Crippen LogP contribution in [0.2, 0.25) is 0 Å². The van der Waals surface area contributed by atoms with Gasteiger partial charge in [0.15, 0.2) is 0 Å². The molecule has 1 unspecified atom stereocenters. The zero-order valence-corrected chi connectivity index (χ0v) is 11.2. The molecule has 1 heterocycles. The van der Waals surface area contributed by atoms with E-state index in [2.05, 4.69) is 5.32 Å². The minimum atomic E-state index is -0.415. The first-order chi connectivity index (χ1) is 7.92. The number of carbonyl (C=O) groups is 1. The van der Waals surface area contributed by atoms with E-state index in [1.54, 1.807) is 4.90 Å². The topological polar surface area (TPSA) is 67.6 Å². The number of hydrogen-bond acceptors (Lipinski definition) is 4. The molecule has 0 spiro atoms. The molecule has 5 nitrogen and oxygen atoms in total. The van der Waals surface area contributed by atoms with Crippen molar-refractivity contribution in [2.45, 2.75) is 45.3 Å². The van der Waals surface area contributed by atoms with E-state index in [0.29, 0.717) is 12.6 Å². The second kappa shape index (κ2) is 6.21. The molecule has 100 valence electrons. The fraction of sp³-hybridized carbons (Fsp3) is 0.917. The lowest BCUT2D eigenvalue weighted by Gasteiger charge is -2.24. The minimum absolute atomic E-state index is 0.208. The Morgan fingerprint density at radius 2 is 2.24 bits per heavy atom. The average Bonchev–Trinajstić information content (AvgIpc) is 2.64. The summed E-state index contributed by atoms with van der Waals surface area (Å²) < 4.78 is 5.33. The van der Waals surface area contributed by atoms with Gasteiger partial charge >= 0.3 is 6.09 Å². The smallest absolute Gasteiger partial charge is 0.410 e. The number of nitrogens with one attached hydrogen (secondary N) is 1. The molecule has 1 fully saturated rings. The normalized spacial score (nSPS) is 20.7. The minimum Gasteiger partial charge on any atom is -0.444 e. The van der Waals surface area contributed by atoms with Crippen molar-refractivity contribution >= 4 is 6.09 Å². The van der Waals surface area contributed by atoms with Crippen LogP contribution in [0.1, 0.15) is 33.6 Å². The first kappa shape index (κ1) is 14.3. The van der Waals surface area contributed by atoms with Crippen LogP contribution in [-0.4, -0.2) is 48.8 Å². The molecule has 0 aromatic heterocycles. The molecule has 0 aromatic rings. The molecule has 5 heteroatoms. The van der Waals surface area contributed by atoms with E-state index in [4.69, 9.17) is 10.5 Å². The van der Waals surface area contributed by atoms with Crippen molar-refractivity contribution in [2.75, 3.05) is 26.2 Å². The summed E-state index contributed by atoms with van der Waals surface area (Å²) in [6.07, 6.45) is 1.76. The predicted molar refractivity (Wildman–Crippen MR) is 67.9 cm³/mol. The Kier molecular flexibility index (Phi) is 5.21. The standard InChI is InChI=1S/C12H25N3O2/c1-12(2,3)17-11(16)15-8-5-10(9-15)14-7-4-6-13/h10,14H,4-9,13H2,1-3H3. The third-order valence-electron chi connectivity index (χ3n) is 2.65. The lowest BCUT2D eigenvalue weighted by molar-refractivity contribution is 0.0291. The molecule has 1 saturated heterocycles. The van der Waals surface area contributed by atoms with Crippen molar-refractivity contribution in [3.8, 4) is 0 Å². The largest absolute Gasteiger partial charge is 0.444 e. The van der Waals surface area contributed by atoms with Crippen LogP contribution in [0, 0.1) is 0 Å². The third-order valence-corrected chi connectivity index (χ3v) is 2.65. The zero-order chi connectivity index (χ0) is 12.9. The van der Waals surface area contributed by atoms with Gasteiger partial charge in [-0.1, -0.05) is 0 Å². The summed E-state index contributed by atoms with van der Waals surface area (Å²) in [4.78, 5) is 13.6. The van der Waals surface area contributed by atoms with Crippen LogP contribution in [0.15, 0.2) is 0 Å². The number of nitrogens with two attached hydrogens (primary N) is 1. The number of rotatable bonds is 4. The predicted octanol–water partition coefficient (Wildman–Crippen LogP) is 0.934. The lowest BCUT2D eigenvalue weighted by atomic mass is 10.2. The molecule has 1 rings (SSSR count). The summed E-state index contributed by atoms with van der Waals surface area (Å²) in [6.45, 7) is 8.79. The van der Waals surface area contributed by atoms with Gasteiger partial charge < -0.3 is 20.7 Å². The highest BCUT2D eigenvalue weighted by Crippen LogP contribution is 2.15. The maximum atomic E-state index is 11.8. The van der Waals surface area contributed by atoms with Crippen molar-refractivity contribution in [1.29, 1.82) is 0 Å². The van der Waals surface area contributed by atoms with Gasteiger partial charge in [0.2, 0.25) is 0 Å². The first-order valence-electron chi connectivity index (χ1n) is 6.34. The van der Waals surface area contributed by atoms with Gasteiger partial charge in [-0.3, -0.25) is 0 Å². The van der Waals surface area contributed by atoms with Gasteiger partial charge in [-0.25, -0.2) is 4.79 Å². The van der Waals surface area contributed by atoms with E-state index in [1.807, 2.05) is 20.8 Å². The summed E-state index contributed by atoms with van der Waals surface area (Å²) >= 11 is 0. The van der Waals surface area contributed by atoms with E-state index in [0.717, 1.165) is 32.5 Å². The van der Waals surface area contributed by atoms with E-state index >= 15 is 0 Å². The molecule has 1 aliphatic rings. The Bertz CT molecular complexity index is 251. The maximum absolute atomic E-state index is 11.8. The number of likely N-dealkylation sites (tertiary alicyclic amines) is 1. The zero-order valence-electron chi connectivity index (χ0n) is 11.2. The van der Waals surface area contributed by atoms with Crippen LogP contribution in [0.25, 0.3) is 0 Å². The van der Waals surface area contributed by atoms with Crippen molar-refractivity contribution in [1.82, 2.24) is 10.2 Å². The van der Waals surface area contributed by atoms with Crippen molar-refractivity contribution in [2.24, 2.45) is 5.73 Å². The molecule has 17 heavy (non-hydrogen) atoms. The van der Waals surface area contributed by atoms with Crippen LogP contribution in [-0.2, 0) is 4.74 Å². The van der Waals surface area contributed by atoms with Crippen LogP contribution in [0.5, 0.6) is 0 Å². The molecule has 0 aliphatic carbocycles. The van der Waals surface area contributed by atoms with Gasteiger partial charge in [0, 0.05) is 19.1 Å². The van der Waals surface area contributed by atoms with Crippen LogP contribution < -0.4 is 11.1 Å². The van der Waals surface area contributed by atoms with Crippen molar-refractivity contribution in [3.05, 3.63) is 0 Å². The second-order valence-electron chi connectivity index (χ2n) is 5.51. The van der Waals surface area contributed by atoms with Gasteiger partial charge in [-0.2, -0.15) is 0 Å². The summed E-state index contributed by atoms with van der Waals surface area (Å²) in [5.41, 5.74) is 5.02. The lowest BCUT2D eigenvalue weighted by Crippen LogP contribution is -2.38. The molecule has 0 bridgehead atoms. The molecular formula is C12H25N3O2. The molecule has 0 radical (unpaired) electrons. The van der Waals surface area contributed by atoms with Crippen LogP contribution >= 0.6 is 0 Å². The van der Waals surface area contributed by atoms with Gasteiger partial charge in [0.1, 0.15) is 5.60 Å². The SMILES string of the molecule is CC(C)(C)OC(=O)N1CCC(NCCCN)C1. The van der Waals surface area contributed by atoms with Crippen LogP contribution in [0.4, 0.5) is 4.79 Å². The molecule has 3 N–H and O–H groups in total. The monoisotopic (exact) mass is 243 g/mol. The highest BCUT2D eigenvalue weighted by molar-refractivity contribution is 5.68. The maximum Gasteiger partial charge on any atom is 0.410 e. The van der Waals surface area contributed by atoms with Gasteiger partial charge in [-0.05, 0) is 46.7 Å². The Balaban J connectivity index is 2.27. The Morgan fingerprint density at radius 3 is 2.82 bits per heavy atom. The fourth-order valence-electron chi connectivity index (χ4n) is 1.83. The Hall–Kier alpha value is -0.810. The number of amides is 1. The number of carbonyl (C=O) groups excluding carboxylic acids is 1. The van der Waals surface area contributed by atoms with Crippen LogP contribution in [0.3, 0.4) is 0 Å². The molecule has 1 amide bonds. The molecule has 1 atom stereocenters. The molecular weight excluding hydrogens is 218 g/mol. The number of hydrogen-bond donors (Lipinski definition) is 2. The summed E-state index contributed by atoms with van der Waals surface area (Å²) in [6, 6.07) is 0.383. The Morgan fingerprint density at radius 1 is 1.53 bits per heavy atom. The fourth-order valence-corrected chi connectivity index (χ4v) is 1.83. The summed E-state index contributed by atoms with van der Waals surface area (Å²) in [5.74, 6) is 0. The third kappa shape index (κ3) is 5.37. The highest BCUT2D eigenvalue weighted by atomic mass is 16.6. The van der Waals surface area contributed by atoms with Crippen molar-refractivity contribution in [3.63, 3.8) is 0 Å². The van der Waals surface area contributed by atoms with E-state index in [9.17, 15) is 4.79 Å². The summed E-state index contributed by atoms with van der Waals surface area (Å²) in [5, 5.41) is 3.40. The number of nitrogens with zero attached hydrogens (tertiary/aromatic N) is 1. The Labute approximate surface area is 104 Å². The molecule has 0 saturated carbocycles. The first-order valence-corrected chi connectivity index (χ1v) is 6.34. The van der Waals surface area contributed by atoms with E-state index < -0.39 is 5.60 Å². The van der Waals surface area contributed by atoms with Gasteiger partial charge in [0.05, 0.1) is 0 Å². The number of ether oxygens (including phenoxy) is 1. The van der Waals surface area contributed by atoms with Gasteiger partial charge in [-0.15, -0.1) is 0 Å². The van der Waals surface area contributed by atoms with E-state index in [1.165, 1.54) is 0 Å². The highest BCUT2D eigenvalue weighted by Gasteiger charge is 2.29. The van der Waals surface area contributed by atoms with Crippen molar-refractivity contribution < 1.29 is 9.53 Å². The molecule has 1 aliphatic heterocycles. The molecule has 0 aromatic carbocycles. The second-order valence-corrected chi connectivity index (χ2v) is 5.51. The average molecular weight is 243 g/mol. The quantitative estimate of drug-likeness (QED) is 0.721. The summed E-state index contributed by atoms with van der Waals surface area (Å²) in [7, 11) is 0. The van der Waals surface area contributed by atoms with Gasteiger partial charge in [0.25, 0.3) is 0 Å².